The van der Waals surface area contributed by atoms with Crippen molar-refractivity contribution in [3.05, 3.63) is 15.6 Å². The molecule has 1 heterocycles. The molecule has 2 rings (SSSR count). The fourth-order valence-corrected chi connectivity index (χ4v) is 3.03. The zero-order valence-corrected chi connectivity index (χ0v) is 16.8. The van der Waals surface area contributed by atoms with E-state index in [1.165, 1.54) is 16.3 Å². The van der Waals surface area contributed by atoms with Crippen LogP contribution in [0.5, 0.6) is 0 Å². The molecular formula is C15H27IN4S. The van der Waals surface area contributed by atoms with Gasteiger partial charge in [-0.15, -0.1) is 35.3 Å². The van der Waals surface area contributed by atoms with Crippen LogP contribution in [0.2, 0.25) is 0 Å². The highest BCUT2D eigenvalue weighted by atomic mass is 127. The number of aromatic nitrogens is 1. The van der Waals surface area contributed by atoms with E-state index in [1.807, 2.05) is 0 Å². The van der Waals surface area contributed by atoms with Crippen molar-refractivity contribution in [2.75, 3.05) is 13.1 Å². The van der Waals surface area contributed by atoms with Crippen LogP contribution in [0.3, 0.4) is 0 Å². The Bertz CT molecular complexity index is 476. The average Bonchev–Trinajstić information content (AvgIpc) is 2.82. The van der Waals surface area contributed by atoms with Crippen LogP contribution in [0.25, 0.3) is 0 Å². The predicted molar refractivity (Wildman–Crippen MR) is 102 cm³/mol. The molecule has 0 amide bonds. The third-order valence-corrected chi connectivity index (χ3v) is 4.97. The maximum Gasteiger partial charge on any atom is 0.191 e. The largest absolute Gasteiger partial charge is 0.357 e. The molecule has 6 heteroatoms. The number of aryl methyl sites for hydroxylation is 2. The van der Waals surface area contributed by atoms with Gasteiger partial charge in [0.05, 0.1) is 10.7 Å². The van der Waals surface area contributed by atoms with Crippen molar-refractivity contribution in [2.45, 2.75) is 53.5 Å². The van der Waals surface area contributed by atoms with E-state index in [-0.39, 0.29) is 24.0 Å². The van der Waals surface area contributed by atoms with Crippen LogP contribution in [0.4, 0.5) is 0 Å². The Balaban J connectivity index is 0.00000220. The Kier molecular flexibility index (Phi) is 6.90. The summed E-state index contributed by atoms with van der Waals surface area (Å²) >= 11 is 1.78. The molecule has 1 aliphatic rings. The molecule has 1 atom stereocenters. The molecule has 4 nitrogen and oxygen atoms in total. The molecule has 1 aromatic rings. The van der Waals surface area contributed by atoms with Crippen LogP contribution in [0.15, 0.2) is 4.99 Å². The summed E-state index contributed by atoms with van der Waals surface area (Å²) in [6.07, 6.45) is 2.15. The normalized spacial score (nSPS) is 19.9. The molecule has 1 aromatic heterocycles. The summed E-state index contributed by atoms with van der Waals surface area (Å²) in [5.74, 6) is 0.938. The number of hydrogen-bond donors (Lipinski definition) is 2. The van der Waals surface area contributed by atoms with Crippen molar-refractivity contribution in [3.8, 4) is 0 Å². The van der Waals surface area contributed by atoms with E-state index in [2.05, 4.69) is 55.2 Å². The Morgan fingerprint density at radius 1 is 1.43 bits per heavy atom. The smallest absolute Gasteiger partial charge is 0.191 e. The Morgan fingerprint density at radius 3 is 2.57 bits per heavy atom. The van der Waals surface area contributed by atoms with Crippen LogP contribution in [0, 0.1) is 19.3 Å². The molecule has 1 unspecified atom stereocenters. The first-order chi connectivity index (χ1) is 9.42. The molecule has 21 heavy (non-hydrogen) atoms. The van der Waals surface area contributed by atoms with Gasteiger partial charge < -0.3 is 10.6 Å². The summed E-state index contributed by atoms with van der Waals surface area (Å²) in [6.45, 7) is 12.6. The van der Waals surface area contributed by atoms with Gasteiger partial charge in [0.1, 0.15) is 0 Å². The van der Waals surface area contributed by atoms with Gasteiger partial charge in [-0.25, -0.2) is 4.98 Å². The summed E-state index contributed by atoms with van der Waals surface area (Å²) in [5, 5.41) is 8.01. The standard InChI is InChI=1S/C15H26N4S.HI/c1-6-16-14(19-12-9-15(12,4)5)17-8-7-13-18-10(2)11(3)20-13;/h12H,6-9H2,1-5H3,(H2,16,17,19);1H. The van der Waals surface area contributed by atoms with Gasteiger partial charge in [0.2, 0.25) is 0 Å². The average molecular weight is 422 g/mol. The minimum absolute atomic E-state index is 0. The minimum Gasteiger partial charge on any atom is -0.357 e. The van der Waals surface area contributed by atoms with E-state index in [0.717, 1.165) is 31.2 Å². The van der Waals surface area contributed by atoms with Crippen molar-refractivity contribution in [1.29, 1.82) is 0 Å². The number of aliphatic imine (C=N–C) groups is 1. The van der Waals surface area contributed by atoms with Gasteiger partial charge in [0.15, 0.2) is 5.96 Å². The van der Waals surface area contributed by atoms with Crippen LogP contribution in [-0.2, 0) is 6.42 Å². The van der Waals surface area contributed by atoms with Crippen molar-refractivity contribution >= 4 is 41.3 Å². The molecule has 0 bridgehead atoms. The lowest BCUT2D eigenvalue weighted by Gasteiger charge is -2.12. The first-order valence-electron chi connectivity index (χ1n) is 7.40. The molecule has 1 aliphatic carbocycles. The maximum absolute atomic E-state index is 4.65. The van der Waals surface area contributed by atoms with Gasteiger partial charge in [-0.05, 0) is 32.6 Å². The van der Waals surface area contributed by atoms with E-state index in [4.69, 9.17) is 0 Å². The van der Waals surface area contributed by atoms with E-state index in [9.17, 15) is 0 Å². The van der Waals surface area contributed by atoms with Crippen LogP contribution >= 0.6 is 35.3 Å². The van der Waals surface area contributed by atoms with E-state index in [0.29, 0.717) is 11.5 Å². The van der Waals surface area contributed by atoms with Crippen LogP contribution < -0.4 is 10.6 Å². The summed E-state index contributed by atoms with van der Waals surface area (Å²) in [4.78, 5) is 10.5. The fourth-order valence-electron chi connectivity index (χ4n) is 2.11. The van der Waals surface area contributed by atoms with Crippen LogP contribution in [-0.4, -0.2) is 30.1 Å². The van der Waals surface area contributed by atoms with Gasteiger partial charge in [-0.1, -0.05) is 13.8 Å². The van der Waals surface area contributed by atoms with Crippen LogP contribution in [0.1, 0.15) is 42.8 Å². The van der Waals surface area contributed by atoms with Gasteiger partial charge >= 0.3 is 0 Å². The summed E-state index contributed by atoms with van der Waals surface area (Å²) < 4.78 is 0. The lowest BCUT2D eigenvalue weighted by Crippen LogP contribution is -2.40. The highest BCUT2D eigenvalue weighted by molar-refractivity contribution is 14.0. The lowest BCUT2D eigenvalue weighted by molar-refractivity contribution is 0.589. The highest BCUT2D eigenvalue weighted by Crippen LogP contribution is 2.44. The molecule has 1 fully saturated rings. The fraction of sp³-hybridized carbons (Fsp3) is 0.733. The molecule has 0 aromatic carbocycles. The first kappa shape index (κ1) is 18.7. The van der Waals surface area contributed by atoms with E-state index in [1.54, 1.807) is 11.3 Å². The zero-order valence-electron chi connectivity index (χ0n) is 13.6. The Hall–Kier alpha value is -0.370. The second-order valence-corrected chi connectivity index (χ2v) is 7.44. The van der Waals surface area contributed by atoms with Gasteiger partial charge in [0.25, 0.3) is 0 Å². The molecule has 1 saturated carbocycles. The highest BCUT2D eigenvalue weighted by Gasteiger charge is 2.46. The van der Waals surface area contributed by atoms with Gasteiger partial charge in [-0.3, -0.25) is 4.99 Å². The van der Waals surface area contributed by atoms with Crippen molar-refractivity contribution in [1.82, 2.24) is 15.6 Å². The first-order valence-corrected chi connectivity index (χ1v) is 8.22. The molecule has 2 N–H and O–H groups in total. The molecule has 0 spiro atoms. The quantitative estimate of drug-likeness (QED) is 0.435. The minimum atomic E-state index is 0. The Morgan fingerprint density at radius 2 is 2.10 bits per heavy atom. The summed E-state index contributed by atoms with van der Waals surface area (Å²) in [7, 11) is 0. The van der Waals surface area contributed by atoms with Crippen molar-refractivity contribution in [3.63, 3.8) is 0 Å². The molecule has 120 valence electrons. The van der Waals surface area contributed by atoms with Gasteiger partial charge in [-0.2, -0.15) is 0 Å². The SMILES string of the molecule is CCNC(=NCCc1nc(C)c(C)s1)NC1CC1(C)C.I. The monoisotopic (exact) mass is 422 g/mol. The second kappa shape index (κ2) is 7.76. The second-order valence-electron chi connectivity index (χ2n) is 6.15. The van der Waals surface area contributed by atoms with Crippen molar-refractivity contribution in [2.24, 2.45) is 10.4 Å². The van der Waals surface area contributed by atoms with Gasteiger partial charge in [0, 0.05) is 30.4 Å². The summed E-state index contributed by atoms with van der Waals surface area (Å²) in [6, 6.07) is 0.560. The number of thiazole rings is 1. The third-order valence-electron chi connectivity index (χ3n) is 3.84. The predicted octanol–water partition coefficient (Wildman–Crippen LogP) is 3.27. The maximum atomic E-state index is 4.65. The molecule has 0 aliphatic heterocycles. The third kappa shape index (κ3) is 5.39. The Labute approximate surface area is 149 Å². The molecular weight excluding hydrogens is 395 g/mol. The van der Waals surface area contributed by atoms with E-state index >= 15 is 0 Å². The lowest BCUT2D eigenvalue weighted by atomic mass is 10.2. The molecule has 0 saturated heterocycles. The number of halogens is 1. The number of nitrogens with zero attached hydrogens (tertiary/aromatic N) is 2. The number of nitrogens with one attached hydrogen (secondary N) is 2. The van der Waals surface area contributed by atoms with Crippen molar-refractivity contribution < 1.29 is 0 Å². The zero-order chi connectivity index (χ0) is 14.8. The molecule has 0 radical (unpaired) electrons. The number of rotatable bonds is 5. The number of hydrogen-bond acceptors (Lipinski definition) is 3. The van der Waals surface area contributed by atoms with E-state index < -0.39 is 0 Å². The number of guanidine groups is 1. The topological polar surface area (TPSA) is 49.3 Å². The summed E-state index contributed by atoms with van der Waals surface area (Å²) in [5.41, 5.74) is 1.57.